The number of nitrogens with zero attached hydrogens (tertiary/aromatic N) is 2. The van der Waals surface area contributed by atoms with E-state index in [1.165, 1.54) is 0 Å². The molecule has 1 aliphatic heterocycles. The van der Waals surface area contributed by atoms with Crippen LogP contribution in [0.15, 0.2) is 279 Å². The van der Waals surface area contributed by atoms with Crippen LogP contribution < -0.4 is 14.5 Å². The second-order valence-corrected chi connectivity index (χ2v) is 20.2. The molecule has 5 heteroatoms. The first-order valence-electron chi connectivity index (χ1n) is 26.4. The van der Waals surface area contributed by atoms with Gasteiger partial charge in [0.25, 0.3) is 0 Å². The summed E-state index contributed by atoms with van der Waals surface area (Å²) in [5, 5.41) is 6.33. The third-order valence-electron chi connectivity index (χ3n) is 15.9. The number of anilines is 6. The molecular formula is C73H46F2N2O. The van der Waals surface area contributed by atoms with Crippen molar-refractivity contribution in [1.82, 2.24) is 0 Å². The molecule has 15 rings (SSSR count). The third kappa shape index (κ3) is 7.09. The average molecular weight is 1010 g/mol. The van der Waals surface area contributed by atoms with Gasteiger partial charge >= 0.3 is 0 Å². The van der Waals surface area contributed by atoms with E-state index in [1.807, 2.05) is 84.9 Å². The Bertz CT molecular complexity index is 4480. The van der Waals surface area contributed by atoms with E-state index < -0.39 is 5.41 Å². The van der Waals surface area contributed by atoms with Gasteiger partial charge in [0, 0.05) is 45.0 Å². The summed E-state index contributed by atoms with van der Waals surface area (Å²) in [6.45, 7) is 0. The smallest absolute Gasteiger partial charge is 0.132 e. The largest absolute Gasteiger partial charge is 0.457 e. The van der Waals surface area contributed by atoms with Crippen LogP contribution in [0.5, 0.6) is 11.5 Å². The number of benzene rings is 13. The van der Waals surface area contributed by atoms with Gasteiger partial charge in [-0.2, -0.15) is 0 Å². The normalized spacial score (nSPS) is 12.7. The highest BCUT2D eigenvalue weighted by atomic mass is 19.1. The summed E-state index contributed by atoms with van der Waals surface area (Å²) in [6, 6.07) is 94.7. The molecule has 0 fully saturated rings. The molecule has 0 unspecified atom stereocenters. The monoisotopic (exact) mass is 1000 g/mol. The zero-order chi connectivity index (χ0) is 51.9. The molecule has 0 N–H and O–H groups in total. The van der Waals surface area contributed by atoms with Gasteiger partial charge in [-0.25, -0.2) is 8.78 Å². The van der Waals surface area contributed by atoms with Crippen LogP contribution in [-0.2, 0) is 5.41 Å². The van der Waals surface area contributed by atoms with Gasteiger partial charge in [0.2, 0.25) is 0 Å². The zero-order valence-corrected chi connectivity index (χ0v) is 42.1. The Balaban J connectivity index is 1.01. The van der Waals surface area contributed by atoms with Crippen LogP contribution in [0.1, 0.15) is 22.3 Å². The molecule has 13 aromatic carbocycles. The van der Waals surface area contributed by atoms with Gasteiger partial charge in [-0.3, -0.25) is 0 Å². The standard InChI is InChI=1S/C73H46F2N2O/c74-51-39-49(60-31-17-21-47-19-7-9-27-58(47)60)41-56(43-51)76(53-23-3-1-4-24-53)55-37-38-64-67(45-55)73(65-33-13-15-35-70(65)78-71-36-16-14-34-66(71)73)68-46-69(62-29-11-12-30-63(62)72(64)68)77(54-25-5-2-6-26-54)57-42-50(40-52(75)44-57)61-32-18-22-48-20-8-10-28-59(48)61/h1-46H. The molecular weight excluding hydrogens is 959 g/mol. The summed E-state index contributed by atoms with van der Waals surface area (Å²) in [6.07, 6.45) is 0. The first-order valence-corrected chi connectivity index (χ1v) is 26.4. The quantitative estimate of drug-likeness (QED) is 0.151. The molecule has 0 amide bonds. The molecule has 0 saturated heterocycles. The number of para-hydroxylation sites is 4. The van der Waals surface area contributed by atoms with Crippen LogP contribution in [0.2, 0.25) is 0 Å². The molecule has 3 nitrogen and oxygen atoms in total. The average Bonchev–Trinajstić information content (AvgIpc) is 3.41. The van der Waals surface area contributed by atoms with E-state index in [0.29, 0.717) is 11.4 Å². The molecule has 1 spiro atoms. The minimum absolute atomic E-state index is 0.335. The fourth-order valence-corrected chi connectivity index (χ4v) is 12.7. The number of ether oxygens (including phenoxy) is 1. The second-order valence-electron chi connectivity index (χ2n) is 20.2. The Kier molecular flexibility index (Phi) is 10.5. The molecule has 13 aromatic rings. The van der Waals surface area contributed by atoms with Crippen molar-refractivity contribution in [3.8, 4) is 44.9 Å². The van der Waals surface area contributed by atoms with Crippen LogP contribution in [0.3, 0.4) is 0 Å². The van der Waals surface area contributed by atoms with Crippen LogP contribution >= 0.6 is 0 Å². The van der Waals surface area contributed by atoms with Crippen LogP contribution in [-0.4, -0.2) is 0 Å². The number of halogens is 2. The van der Waals surface area contributed by atoms with Gasteiger partial charge in [-0.1, -0.05) is 188 Å². The Morgan fingerprint density at radius 3 is 1.36 bits per heavy atom. The summed E-state index contributed by atoms with van der Waals surface area (Å²) in [7, 11) is 0. The lowest BCUT2D eigenvalue weighted by Crippen LogP contribution is -2.32. The molecule has 78 heavy (non-hydrogen) atoms. The number of hydrogen-bond donors (Lipinski definition) is 0. The predicted molar refractivity (Wildman–Crippen MR) is 316 cm³/mol. The number of fused-ring (bicyclic) bond motifs is 13. The maximum absolute atomic E-state index is 16.7. The summed E-state index contributed by atoms with van der Waals surface area (Å²) in [5.41, 5.74) is 13.7. The first kappa shape index (κ1) is 45.3. The fourth-order valence-electron chi connectivity index (χ4n) is 12.7. The first-order chi connectivity index (χ1) is 38.5. The van der Waals surface area contributed by atoms with E-state index in [-0.39, 0.29) is 11.6 Å². The second kappa shape index (κ2) is 18.0. The van der Waals surface area contributed by atoms with Crippen molar-refractivity contribution in [2.75, 3.05) is 9.80 Å². The van der Waals surface area contributed by atoms with E-state index in [0.717, 1.165) is 122 Å². The molecule has 0 atom stereocenters. The van der Waals surface area contributed by atoms with Crippen molar-refractivity contribution < 1.29 is 13.5 Å². The molecule has 2 aliphatic rings. The van der Waals surface area contributed by atoms with Crippen molar-refractivity contribution in [1.29, 1.82) is 0 Å². The lowest BCUT2D eigenvalue weighted by atomic mass is 9.66. The van der Waals surface area contributed by atoms with E-state index in [4.69, 9.17) is 4.74 Å². The summed E-state index contributed by atoms with van der Waals surface area (Å²) in [4.78, 5) is 4.39. The molecule has 0 radical (unpaired) electrons. The molecule has 1 aliphatic carbocycles. The Morgan fingerprint density at radius 1 is 0.295 bits per heavy atom. The lowest BCUT2D eigenvalue weighted by Gasteiger charge is -2.40. The van der Waals surface area contributed by atoms with Gasteiger partial charge in [0.1, 0.15) is 23.1 Å². The Labute approximate surface area is 450 Å². The van der Waals surface area contributed by atoms with E-state index in [1.54, 1.807) is 24.3 Å². The summed E-state index contributed by atoms with van der Waals surface area (Å²) < 4.78 is 40.2. The molecule has 0 aromatic heterocycles. The summed E-state index contributed by atoms with van der Waals surface area (Å²) in [5.74, 6) is 0.837. The zero-order valence-electron chi connectivity index (χ0n) is 42.1. The molecule has 0 saturated carbocycles. The third-order valence-corrected chi connectivity index (χ3v) is 15.9. The van der Waals surface area contributed by atoms with Crippen molar-refractivity contribution >= 4 is 66.4 Å². The highest BCUT2D eigenvalue weighted by Crippen LogP contribution is 2.65. The SMILES string of the molecule is Fc1cc(-c2cccc3ccccc23)cc(N(c2ccccc2)c2ccc3c(c2)C2(c4ccccc4Oc4ccccc42)c2cc(N(c4ccccc4)c4cc(F)cc(-c5cccc6ccccc56)c4)c4ccccc4c2-3)c1. The van der Waals surface area contributed by atoms with Crippen molar-refractivity contribution in [3.05, 3.63) is 313 Å². The molecule has 1 heterocycles. The minimum Gasteiger partial charge on any atom is -0.457 e. The topological polar surface area (TPSA) is 15.7 Å². The number of hydrogen-bond acceptors (Lipinski definition) is 3. The van der Waals surface area contributed by atoms with E-state index >= 15 is 8.78 Å². The highest BCUT2D eigenvalue weighted by Gasteiger charge is 2.52. The Hall–Kier alpha value is -10.1. The van der Waals surface area contributed by atoms with Crippen molar-refractivity contribution in [2.24, 2.45) is 0 Å². The van der Waals surface area contributed by atoms with Crippen molar-refractivity contribution in [2.45, 2.75) is 5.41 Å². The van der Waals surface area contributed by atoms with Gasteiger partial charge in [-0.05, 0) is 162 Å². The van der Waals surface area contributed by atoms with Gasteiger partial charge < -0.3 is 14.5 Å². The molecule has 0 bridgehead atoms. The van der Waals surface area contributed by atoms with Crippen LogP contribution in [0.4, 0.5) is 42.9 Å². The Morgan fingerprint density at radius 2 is 0.769 bits per heavy atom. The van der Waals surface area contributed by atoms with E-state index in [2.05, 4.69) is 180 Å². The van der Waals surface area contributed by atoms with Crippen LogP contribution in [0.25, 0.3) is 65.7 Å². The van der Waals surface area contributed by atoms with Crippen molar-refractivity contribution in [3.63, 3.8) is 0 Å². The van der Waals surface area contributed by atoms with E-state index in [9.17, 15) is 0 Å². The number of rotatable bonds is 8. The lowest BCUT2D eigenvalue weighted by molar-refractivity contribution is 0.436. The predicted octanol–water partition coefficient (Wildman–Crippen LogP) is 20.2. The van der Waals surface area contributed by atoms with Crippen LogP contribution in [0, 0.1) is 11.6 Å². The maximum Gasteiger partial charge on any atom is 0.132 e. The fraction of sp³-hybridized carbons (Fsp3) is 0.0137. The maximum atomic E-state index is 16.7. The van der Waals surface area contributed by atoms with Gasteiger partial charge in [-0.15, -0.1) is 0 Å². The highest BCUT2D eigenvalue weighted by molar-refractivity contribution is 6.12. The van der Waals surface area contributed by atoms with Gasteiger partial charge in [0.05, 0.1) is 11.1 Å². The minimum atomic E-state index is -0.943. The summed E-state index contributed by atoms with van der Waals surface area (Å²) >= 11 is 0. The van der Waals surface area contributed by atoms with Gasteiger partial charge in [0.15, 0.2) is 0 Å². The molecule has 368 valence electrons.